The van der Waals surface area contributed by atoms with Crippen LogP contribution < -0.4 is 4.72 Å². The zero-order valence-corrected chi connectivity index (χ0v) is 16.5. The molecule has 0 spiro atoms. The summed E-state index contributed by atoms with van der Waals surface area (Å²) in [5.41, 5.74) is 0.216. The molecule has 0 radical (unpaired) electrons. The lowest BCUT2D eigenvalue weighted by atomic mass is 10.1. The number of amidine groups is 1. The number of ether oxygens (including phenoxy) is 1. The third kappa shape index (κ3) is 4.07. The number of fused-ring (bicyclic) bond motifs is 1. The van der Waals surface area contributed by atoms with Crippen molar-refractivity contribution in [2.75, 3.05) is 13.7 Å². The number of methoxy groups -OCH3 is 1. The van der Waals surface area contributed by atoms with Gasteiger partial charge >= 0.3 is 5.97 Å². The number of hydrogen-bond acceptors (Lipinski definition) is 6. The van der Waals surface area contributed by atoms with Crippen LogP contribution in [-0.2, 0) is 9.53 Å². The van der Waals surface area contributed by atoms with E-state index in [2.05, 4.69) is 21.5 Å². The molecule has 2 aliphatic heterocycles. The van der Waals surface area contributed by atoms with Crippen LogP contribution in [0.4, 0.5) is 10.1 Å². The standard InChI is InChI=1S/C16H19ClFN3O2S2/c1-8-4-14-20-25-16(21(14)7-8)19-12-6-13(10(17)5-11(12)18)24-9(2)15(22)23-3/h5-6,8-9,14,20H,4,7H2,1-3H3. The van der Waals surface area contributed by atoms with E-state index in [9.17, 15) is 9.18 Å². The molecular weight excluding hydrogens is 385 g/mol. The Balaban J connectivity index is 1.85. The topological polar surface area (TPSA) is 53.9 Å². The number of nitrogens with zero attached hydrogens (tertiary/aromatic N) is 2. The second kappa shape index (κ2) is 7.73. The fraction of sp³-hybridized carbons (Fsp3) is 0.500. The van der Waals surface area contributed by atoms with Crippen molar-refractivity contribution in [2.24, 2.45) is 10.9 Å². The molecule has 0 saturated carbocycles. The summed E-state index contributed by atoms with van der Waals surface area (Å²) in [6.07, 6.45) is 1.30. The number of nitrogens with one attached hydrogen (secondary N) is 1. The number of carbonyl (C=O) groups excluding carboxylic acids is 1. The highest BCUT2D eigenvalue weighted by molar-refractivity contribution is 8.12. The molecule has 0 amide bonds. The van der Waals surface area contributed by atoms with Crippen LogP contribution >= 0.6 is 35.3 Å². The van der Waals surface area contributed by atoms with Crippen LogP contribution in [0.2, 0.25) is 5.02 Å². The normalized spacial score (nSPS) is 25.3. The van der Waals surface area contributed by atoms with Gasteiger partial charge in [-0.2, -0.15) is 0 Å². The Morgan fingerprint density at radius 1 is 1.60 bits per heavy atom. The third-order valence-corrected chi connectivity index (χ3v) is 6.56. The third-order valence-electron chi connectivity index (χ3n) is 4.10. The largest absolute Gasteiger partial charge is 0.468 e. The minimum Gasteiger partial charge on any atom is -0.468 e. The fourth-order valence-corrected chi connectivity index (χ4v) is 4.97. The number of thioether (sulfide) groups is 1. The Bertz CT molecular complexity index is 719. The molecule has 136 valence electrons. The molecule has 3 atom stereocenters. The van der Waals surface area contributed by atoms with E-state index in [1.165, 1.54) is 36.9 Å². The van der Waals surface area contributed by atoms with Crippen molar-refractivity contribution in [3.63, 3.8) is 0 Å². The van der Waals surface area contributed by atoms with Crippen LogP contribution in [0, 0.1) is 11.7 Å². The van der Waals surface area contributed by atoms with Crippen molar-refractivity contribution in [1.82, 2.24) is 9.62 Å². The lowest BCUT2D eigenvalue weighted by Crippen LogP contribution is -2.30. The average Bonchev–Trinajstić information content (AvgIpc) is 3.11. The molecule has 1 N–H and O–H groups in total. The van der Waals surface area contributed by atoms with Gasteiger partial charge in [-0.1, -0.05) is 18.5 Å². The number of benzene rings is 1. The summed E-state index contributed by atoms with van der Waals surface area (Å²) in [4.78, 5) is 18.9. The molecule has 9 heteroatoms. The monoisotopic (exact) mass is 403 g/mol. The maximum absolute atomic E-state index is 14.3. The summed E-state index contributed by atoms with van der Waals surface area (Å²) in [5.74, 6) is -0.266. The Hall–Kier alpha value is -0.960. The average molecular weight is 404 g/mol. The summed E-state index contributed by atoms with van der Waals surface area (Å²) in [6, 6.07) is 2.83. The number of carbonyl (C=O) groups is 1. The van der Waals surface area contributed by atoms with Crippen molar-refractivity contribution in [3.8, 4) is 0 Å². The molecule has 2 fully saturated rings. The van der Waals surface area contributed by atoms with Crippen molar-refractivity contribution in [1.29, 1.82) is 0 Å². The molecule has 3 rings (SSSR count). The number of rotatable bonds is 4. The highest BCUT2D eigenvalue weighted by Crippen LogP contribution is 2.37. The smallest absolute Gasteiger partial charge is 0.318 e. The molecule has 3 unspecified atom stereocenters. The number of hydrogen-bond donors (Lipinski definition) is 1. The van der Waals surface area contributed by atoms with Gasteiger partial charge in [-0.05, 0) is 43.3 Å². The van der Waals surface area contributed by atoms with Gasteiger partial charge in [0.25, 0.3) is 0 Å². The summed E-state index contributed by atoms with van der Waals surface area (Å²) in [6.45, 7) is 4.81. The first-order valence-corrected chi connectivity index (χ1v) is 9.97. The highest BCUT2D eigenvalue weighted by Gasteiger charge is 2.37. The predicted molar refractivity (Wildman–Crippen MR) is 101 cm³/mol. The summed E-state index contributed by atoms with van der Waals surface area (Å²) in [7, 11) is 1.33. The molecule has 1 aromatic carbocycles. The molecule has 0 bridgehead atoms. The molecule has 0 aliphatic carbocycles. The van der Waals surface area contributed by atoms with Crippen molar-refractivity contribution in [3.05, 3.63) is 23.0 Å². The molecular formula is C16H19ClFN3O2S2. The first kappa shape index (κ1) is 18.8. The van der Waals surface area contributed by atoms with Crippen LogP contribution in [0.5, 0.6) is 0 Å². The maximum Gasteiger partial charge on any atom is 0.318 e. The van der Waals surface area contributed by atoms with Crippen LogP contribution in [0.3, 0.4) is 0 Å². The lowest BCUT2D eigenvalue weighted by Gasteiger charge is -2.16. The highest BCUT2D eigenvalue weighted by atomic mass is 35.5. The van der Waals surface area contributed by atoms with Gasteiger partial charge in [0, 0.05) is 11.4 Å². The van der Waals surface area contributed by atoms with E-state index in [1.807, 2.05) is 0 Å². The number of halogens is 2. The minimum atomic E-state index is -0.483. The van der Waals surface area contributed by atoms with E-state index >= 15 is 0 Å². The van der Waals surface area contributed by atoms with Crippen LogP contribution in [-0.4, -0.2) is 41.1 Å². The molecule has 1 aromatic rings. The Morgan fingerprint density at radius 3 is 3.08 bits per heavy atom. The first-order chi connectivity index (χ1) is 11.9. The molecule has 2 aliphatic rings. The fourth-order valence-electron chi connectivity index (χ4n) is 2.84. The number of aliphatic imine (C=N–C) groups is 1. The van der Waals surface area contributed by atoms with Gasteiger partial charge in [0.2, 0.25) is 0 Å². The molecule has 0 aromatic heterocycles. The molecule has 25 heavy (non-hydrogen) atoms. The summed E-state index contributed by atoms with van der Waals surface area (Å²) < 4.78 is 22.4. The van der Waals surface area contributed by atoms with E-state index in [4.69, 9.17) is 16.3 Å². The SMILES string of the molecule is COC(=O)C(C)Sc1cc(N=C2SNC3CC(C)CN23)c(F)cc1Cl. The summed E-state index contributed by atoms with van der Waals surface area (Å²) in [5, 5.41) is 0.569. The Morgan fingerprint density at radius 2 is 2.36 bits per heavy atom. The molecule has 5 nitrogen and oxygen atoms in total. The van der Waals surface area contributed by atoms with Crippen LogP contribution in [0.1, 0.15) is 20.3 Å². The predicted octanol–water partition coefficient (Wildman–Crippen LogP) is 4.04. The quantitative estimate of drug-likeness (QED) is 0.465. The summed E-state index contributed by atoms with van der Waals surface area (Å²) >= 11 is 8.77. The van der Waals surface area contributed by atoms with E-state index in [1.54, 1.807) is 13.0 Å². The number of esters is 1. The van der Waals surface area contributed by atoms with Crippen molar-refractivity contribution >= 4 is 52.1 Å². The first-order valence-electron chi connectivity index (χ1n) is 7.90. The Kier molecular flexibility index (Phi) is 5.82. The Labute approximate surface area is 159 Å². The van der Waals surface area contributed by atoms with Crippen LogP contribution in [0.15, 0.2) is 22.0 Å². The second-order valence-corrected chi connectivity index (χ2v) is 8.74. The van der Waals surface area contributed by atoms with Crippen LogP contribution in [0.25, 0.3) is 0 Å². The van der Waals surface area contributed by atoms with Crippen molar-refractivity contribution in [2.45, 2.75) is 36.6 Å². The van der Waals surface area contributed by atoms with Crippen molar-refractivity contribution < 1.29 is 13.9 Å². The van der Waals surface area contributed by atoms with Gasteiger partial charge in [-0.25, -0.2) is 14.1 Å². The zero-order valence-electron chi connectivity index (χ0n) is 14.1. The van der Waals surface area contributed by atoms with Gasteiger partial charge in [0.05, 0.1) is 18.3 Å². The van der Waals surface area contributed by atoms with E-state index < -0.39 is 11.1 Å². The minimum absolute atomic E-state index is 0.216. The van der Waals surface area contributed by atoms with E-state index in [0.717, 1.165) is 18.1 Å². The molecule has 2 saturated heterocycles. The molecule has 2 heterocycles. The zero-order chi connectivity index (χ0) is 18.1. The van der Waals surface area contributed by atoms with Gasteiger partial charge in [0.1, 0.15) is 16.8 Å². The van der Waals surface area contributed by atoms with Gasteiger partial charge < -0.3 is 9.64 Å². The van der Waals surface area contributed by atoms with Gasteiger partial charge in [0.15, 0.2) is 5.17 Å². The van der Waals surface area contributed by atoms with Gasteiger partial charge in [-0.3, -0.25) is 4.79 Å². The van der Waals surface area contributed by atoms with Gasteiger partial charge in [-0.15, -0.1) is 11.8 Å². The van der Waals surface area contributed by atoms with E-state index in [-0.39, 0.29) is 22.8 Å². The maximum atomic E-state index is 14.3. The second-order valence-electron chi connectivity index (χ2n) is 6.14. The van der Waals surface area contributed by atoms with E-state index in [0.29, 0.717) is 10.8 Å². The lowest BCUT2D eigenvalue weighted by molar-refractivity contribution is -0.139.